The van der Waals surface area contributed by atoms with E-state index in [-0.39, 0.29) is 13.2 Å². The summed E-state index contributed by atoms with van der Waals surface area (Å²) in [7, 11) is -1.90. The van der Waals surface area contributed by atoms with Crippen molar-refractivity contribution in [1.82, 2.24) is 37.2 Å². The van der Waals surface area contributed by atoms with E-state index in [1.807, 2.05) is 38.1 Å². The first-order valence-corrected chi connectivity index (χ1v) is 22.5. The fourth-order valence-electron chi connectivity index (χ4n) is 6.15. The van der Waals surface area contributed by atoms with Crippen LogP contribution in [0, 0.1) is 0 Å². The Labute approximate surface area is 387 Å². The highest BCUT2D eigenvalue weighted by Gasteiger charge is 2.32. The molecule has 0 saturated carbocycles. The summed E-state index contributed by atoms with van der Waals surface area (Å²) in [5, 5.41) is 35.1. The fourth-order valence-corrected chi connectivity index (χ4v) is 6.15. The molecule has 66 heavy (non-hydrogen) atoms. The van der Waals surface area contributed by atoms with Crippen LogP contribution in [0.2, 0.25) is 0 Å². The van der Waals surface area contributed by atoms with Gasteiger partial charge in [0.15, 0.2) is 0 Å². The van der Waals surface area contributed by atoms with E-state index in [1.54, 1.807) is 12.1 Å². The first-order valence-electron chi connectivity index (χ1n) is 22.5. The second kappa shape index (κ2) is 30.3. The molecule has 20 nitrogen and oxygen atoms in total. The van der Waals surface area contributed by atoms with Gasteiger partial charge in [0, 0.05) is 18.8 Å². The molecule has 2 aromatic carbocycles. The number of nitrogens with one attached hydrogen (secondary N) is 7. The molecule has 0 aliphatic carbocycles. The van der Waals surface area contributed by atoms with Crippen molar-refractivity contribution in [3.8, 4) is 11.1 Å². The Hall–Kier alpha value is -5.90. The van der Waals surface area contributed by atoms with Gasteiger partial charge in [-0.25, -0.2) is 0 Å². The highest BCUT2D eigenvalue weighted by atomic mass is 16.5. The zero-order valence-corrected chi connectivity index (χ0v) is 38.9. The van der Waals surface area contributed by atoms with Crippen molar-refractivity contribution in [3.05, 3.63) is 59.7 Å². The van der Waals surface area contributed by atoms with Gasteiger partial charge in [-0.15, -0.1) is 0 Å². The highest BCUT2D eigenvalue weighted by Crippen LogP contribution is 2.21. The number of primary amides is 1. The molecule has 0 aliphatic rings. The van der Waals surface area contributed by atoms with Crippen molar-refractivity contribution in [2.24, 2.45) is 5.73 Å². The molecule has 0 spiro atoms. The van der Waals surface area contributed by atoms with E-state index < -0.39 is 110 Å². The van der Waals surface area contributed by atoms with Crippen LogP contribution in [0.4, 0.5) is 0 Å². The SMILES string of the molecule is CCCCOC[C@@H](NC(=O)c1ccc(-c2ccc(CCCC)cc2)cc1)C(=O)N[C@H](C)C(=O)NCC(=O)N[C@H](C(=O)N[C@@H](C)C(=O)N[C@@H](CC(N)=O)C(=O)NCB(O)O)C(C)OCCCC. The van der Waals surface area contributed by atoms with Gasteiger partial charge < -0.3 is 62.5 Å². The molecule has 0 bridgehead atoms. The van der Waals surface area contributed by atoms with E-state index in [1.165, 1.54) is 26.3 Å². The average Bonchev–Trinajstić information content (AvgIpc) is 3.28. The lowest BCUT2D eigenvalue weighted by Crippen LogP contribution is -2.59. The molecule has 11 N–H and O–H groups in total. The Kier molecular flexibility index (Phi) is 25.8. The predicted octanol–water partition coefficient (Wildman–Crippen LogP) is -0.0847. The Morgan fingerprint density at radius 3 is 1.80 bits per heavy atom. The van der Waals surface area contributed by atoms with Gasteiger partial charge in [0.1, 0.15) is 30.2 Å². The third-order valence-corrected chi connectivity index (χ3v) is 10.2. The van der Waals surface area contributed by atoms with Gasteiger partial charge in [0.05, 0.1) is 32.1 Å². The normalized spacial score (nSPS) is 13.6. The van der Waals surface area contributed by atoms with Crippen LogP contribution in [0.3, 0.4) is 0 Å². The standard InChI is InChI=1S/C45H69BN8O12/c1-7-10-13-31-14-16-32(17-15-31)33-18-20-34(21-19-33)42(59)53-36(26-65-22-11-8-2)44(61)50-28(4)40(57)48-25-38(56)54-39(30(6)66-23-12-9-3)45(62)51-29(5)41(58)52-35(24-37(47)55)43(60)49-27-46(63)64/h14-21,28-30,35-36,39,63-64H,7-13,22-27H2,1-6H3,(H2,47,55)(H,48,57)(H,49,60)(H,50,61)(H,51,62)(H,52,58)(H,53,59)(H,54,56)/t28-,29+,30?,35+,36-,39+/m1/s1. The number of hydrogen-bond acceptors (Lipinski definition) is 12. The molecule has 8 amide bonds. The van der Waals surface area contributed by atoms with Crippen LogP contribution in [-0.4, -0.2) is 134 Å². The van der Waals surface area contributed by atoms with Gasteiger partial charge in [-0.1, -0.05) is 76.4 Å². The van der Waals surface area contributed by atoms with Crippen LogP contribution >= 0.6 is 0 Å². The van der Waals surface area contributed by atoms with Crippen molar-refractivity contribution in [3.63, 3.8) is 0 Å². The number of carbonyl (C=O) groups is 8. The summed E-state index contributed by atoms with van der Waals surface area (Å²) < 4.78 is 11.4. The number of nitrogens with two attached hydrogens (primary N) is 1. The molecule has 0 radical (unpaired) electrons. The quantitative estimate of drug-likeness (QED) is 0.0351. The zero-order valence-electron chi connectivity index (χ0n) is 38.9. The van der Waals surface area contributed by atoms with E-state index >= 15 is 0 Å². The molecule has 0 fully saturated rings. The average molecular weight is 925 g/mol. The smallest absolute Gasteiger partial charge is 0.426 e. The third-order valence-electron chi connectivity index (χ3n) is 10.2. The maximum atomic E-state index is 13.5. The predicted molar refractivity (Wildman–Crippen MR) is 247 cm³/mol. The third kappa shape index (κ3) is 20.9. The minimum absolute atomic E-state index is 0.169. The van der Waals surface area contributed by atoms with Crippen LogP contribution in [0.15, 0.2) is 48.5 Å². The molecule has 0 aromatic heterocycles. The minimum Gasteiger partial charge on any atom is -0.426 e. The summed E-state index contributed by atoms with van der Waals surface area (Å²) in [6.07, 6.45) is 4.06. The van der Waals surface area contributed by atoms with Crippen molar-refractivity contribution in [2.45, 2.75) is 129 Å². The summed E-state index contributed by atoms with van der Waals surface area (Å²) in [5.41, 5.74) is 8.70. The van der Waals surface area contributed by atoms with E-state index in [0.29, 0.717) is 18.6 Å². The van der Waals surface area contributed by atoms with E-state index in [9.17, 15) is 38.4 Å². The second-order valence-electron chi connectivity index (χ2n) is 15.9. The summed E-state index contributed by atoms with van der Waals surface area (Å²) in [6.45, 7) is 10.0. The maximum absolute atomic E-state index is 13.5. The summed E-state index contributed by atoms with van der Waals surface area (Å²) >= 11 is 0. The van der Waals surface area contributed by atoms with Gasteiger partial charge in [0.25, 0.3) is 5.91 Å². The van der Waals surface area contributed by atoms with E-state index in [4.69, 9.17) is 25.3 Å². The monoisotopic (exact) mass is 925 g/mol. The van der Waals surface area contributed by atoms with Crippen LogP contribution < -0.4 is 43.0 Å². The van der Waals surface area contributed by atoms with Crippen LogP contribution in [0.1, 0.15) is 102 Å². The molecule has 364 valence electrons. The van der Waals surface area contributed by atoms with Crippen LogP contribution in [0.25, 0.3) is 11.1 Å². The number of hydrogen-bond donors (Lipinski definition) is 10. The largest absolute Gasteiger partial charge is 0.472 e. The molecular weight excluding hydrogens is 855 g/mol. The lowest BCUT2D eigenvalue weighted by atomic mass is 9.92. The molecule has 0 saturated heterocycles. The lowest BCUT2D eigenvalue weighted by Gasteiger charge is -2.27. The zero-order chi connectivity index (χ0) is 49.2. The number of unbranched alkanes of at least 4 members (excludes halogenated alkanes) is 3. The first kappa shape index (κ1) is 56.2. The first-order chi connectivity index (χ1) is 31.4. The number of rotatable bonds is 31. The van der Waals surface area contributed by atoms with Gasteiger partial charge in [-0.3, -0.25) is 38.4 Å². The second-order valence-corrected chi connectivity index (χ2v) is 15.9. The molecule has 2 rings (SSSR count). The van der Waals surface area contributed by atoms with E-state index in [0.717, 1.165) is 49.7 Å². The number of aryl methyl sites for hydroxylation is 1. The van der Waals surface area contributed by atoms with E-state index in [2.05, 4.69) is 56.3 Å². The highest BCUT2D eigenvalue weighted by molar-refractivity contribution is 6.41. The Morgan fingerprint density at radius 2 is 1.21 bits per heavy atom. The van der Waals surface area contributed by atoms with Gasteiger partial charge >= 0.3 is 7.12 Å². The Morgan fingerprint density at radius 1 is 0.636 bits per heavy atom. The molecule has 1 unspecified atom stereocenters. The van der Waals surface area contributed by atoms with Crippen molar-refractivity contribution >= 4 is 54.4 Å². The molecule has 6 atom stereocenters. The van der Waals surface area contributed by atoms with Crippen molar-refractivity contribution in [2.75, 3.05) is 32.8 Å². The molecular formula is C45H69BN8O12. The number of carbonyl (C=O) groups excluding carboxylic acids is 8. The summed E-state index contributed by atoms with van der Waals surface area (Å²) in [4.78, 5) is 104. The molecule has 0 aliphatic heterocycles. The minimum atomic E-state index is -1.90. The number of ether oxygens (including phenoxy) is 2. The van der Waals surface area contributed by atoms with Gasteiger partial charge in [-0.05, 0) is 75.3 Å². The molecule has 2 aromatic rings. The Bertz CT molecular complexity index is 1890. The number of amides is 8. The topological polar surface area (TPSA) is 306 Å². The molecule has 21 heteroatoms. The Balaban J connectivity index is 2.07. The van der Waals surface area contributed by atoms with Crippen molar-refractivity contribution in [1.29, 1.82) is 0 Å². The van der Waals surface area contributed by atoms with Gasteiger partial charge in [0.2, 0.25) is 41.4 Å². The van der Waals surface area contributed by atoms with Crippen molar-refractivity contribution < 1.29 is 57.9 Å². The van der Waals surface area contributed by atoms with Crippen LogP contribution in [-0.2, 0) is 49.5 Å². The summed E-state index contributed by atoms with van der Waals surface area (Å²) in [5.74, 6) is -6.47. The van der Waals surface area contributed by atoms with Gasteiger partial charge in [-0.2, -0.15) is 0 Å². The molecule has 0 heterocycles. The lowest BCUT2D eigenvalue weighted by molar-refractivity contribution is -0.136. The van der Waals surface area contributed by atoms with Crippen LogP contribution in [0.5, 0.6) is 0 Å². The number of benzene rings is 2. The summed E-state index contributed by atoms with van der Waals surface area (Å²) in [6, 6.07) is 8.67. The maximum Gasteiger partial charge on any atom is 0.472 e. The fraction of sp³-hybridized carbons (Fsp3) is 0.556.